The Morgan fingerprint density at radius 1 is 1.07 bits per heavy atom. The summed E-state index contributed by atoms with van der Waals surface area (Å²) in [6.07, 6.45) is 8.17. The van der Waals surface area contributed by atoms with Gasteiger partial charge in [0.2, 0.25) is 5.91 Å². The first kappa shape index (κ1) is 18.8. The third-order valence-corrected chi connectivity index (χ3v) is 6.94. The van der Waals surface area contributed by atoms with Crippen molar-refractivity contribution in [3.8, 4) is 0 Å². The predicted octanol–water partition coefficient (Wildman–Crippen LogP) is 1.46. The van der Waals surface area contributed by atoms with E-state index in [4.69, 9.17) is 0 Å². The number of rotatable bonds is 3. The van der Waals surface area contributed by atoms with E-state index in [-0.39, 0.29) is 17.5 Å². The lowest BCUT2D eigenvalue weighted by Gasteiger charge is -2.52. The van der Waals surface area contributed by atoms with Gasteiger partial charge in [0.05, 0.1) is 0 Å². The number of nitrogens with zero attached hydrogens (tertiary/aromatic N) is 5. The van der Waals surface area contributed by atoms with E-state index in [0.717, 1.165) is 64.2 Å². The number of piperidine rings is 1. The summed E-state index contributed by atoms with van der Waals surface area (Å²) in [6.45, 7) is 7.12. The van der Waals surface area contributed by atoms with E-state index < -0.39 is 0 Å². The number of piperazine rings is 1. The summed E-state index contributed by atoms with van der Waals surface area (Å²) in [4.78, 5) is 27.3. The highest BCUT2D eigenvalue weighted by Gasteiger charge is 2.43. The van der Waals surface area contributed by atoms with Gasteiger partial charge >= 0.3 is 0 Å². The summed E-state index contributed by atoms with van der Waals surface area (Å²) in [6, 6.07) is 3.84. The number of pyridine rings is 1. The Balaban J connectivity index is 1.48. The molecule has 0 N–H and O–H groups in total. The fraction of sp³-hybridized carbons (Fsp3) is 0.714. The third-order valence-electron chi connectivity index (χ3n) is 6.94. The van der Waals surface area contributed by atoms with Crippen LogP contribution in [0.2, 0.25) is 0 Å². The number of hydrogen-bond donors (Lipinski definition) is 0. The van der Waals surface area contributed by atoms with Gasteiger partial charge in [-0.25, -0.2) is 0 Å². The maximum Gasteiger partial charge on any atom is 0.244 e. The van der Waals surface area contributed by atoms with Crippen molar-refractivity contribution >= 4 is 5.91 Å². The summed E-state index contributed by atoms with van der Waals surface area (Å²) in [5.74, 6) is 0.270. The smallest absolute Gasteiger partial charge is 0.244 e. The minimum Gasteiger partial charge on any atom is -0.341 e. The van der Waals surface area contributed by atoms with Crippen molar-refractivity contribution in [2.24, 2.45) is 0 Å². The molecular weight excluding hydrogens is 338 g/mol. The monoisotopic (exact) mass is 371 g/mol. The van der Waals surface area contributed by atoms with Crippen LogP contribution in [0, 0.1) is 0 Å². The van der Waals surface area contributed by atoms with Crippen LogP contribution in [-0.2, 0) is 4.79 Å². The van der Waals surface area contributed by atoms with Crippen molar-refractivity contribution in [1.82, 2.24) is 24.6 Å². The van der Waals surface area contributed by atoms with Crippen LogP contribution in [0.1, 0.15) is 37.3 Å². The lowest BCUT2D eigenvalue weighted by atomic mass is 9.83. The average molecular weight is 372 g/mol. The van der Waals surface area contributed by atoms with Gasteiger partial charge in [-0.05, 0) is 64.5 Å². The quantitative estimate of drug-likeness (QED) is 0.805. The topological polar surface area (TPSA) is 42.9 Å². The average Bonchev–Trinajstić information content (AvgIpc) is 3.21. The summed E-state index contributed by atoms with van der Waals surface area (Å²) in [5, 5.41) is 0. The number of hydrogen-bond acceptors (Lipinski definition) is 5. The summed E-state index contributed by atoms with van der Waals surface area (Å²) in [7, 11) is 4.48. The molecule has 1 aromatic rings. The number of amides is 1. The SMILES string of the molecule is CN1CCN(C)C2(CCN(C(=O)[C@@H](c3cccnc3)N3CCCC3)CC2)C1. The molecule has 0 aromatic carbocycles. The van der Waals surface area contributed by atoms with Crippen molar-refractivity contribution in [3.63, 3.8) is 0 Å². The Morgan fingerprint density at radius 3 is 2.48 bits per heavy atom. The van der Waals surface area contributed by atoms with Gasteiger partial charge < -0.3 is 9.80 Å². The van der Waals surface area contributed by atoms with Crippen LogP contribution in [0.4, 0.5) is 0 Å². The van der Waals surface area contributed by atoms with Gasteiger partial charge in [0, 0.05) is 50.7 Å². The molecule has 3 aliphatic rings. The second-order valence-corrected chi connectivity index (χ2v) is 8.64. The first-order valence-electron chi connectivity index (χ1n) is 10.4. The highest BCUT2D eigenvalue weighted by Crippen LogP contribution is 2.33. The minimum atomic E-state index is -0.165. The molecular formula is C21H33N5O. The molecule has 3 saturated heterocycles. The second-order valence-electron chi connectivity index (χ2n) is 8.64. The second kappa shape index (κ2) is 7.86. The molecule has 0 aliphatic carbocycles. The summed E-state index contributed by atoms with van der Waals surface area (Å²) in [5.41, 5.74) is 1.28. The molecule has 6 nitrogen and oxygen atoms in total. The zero-order chi connectivity index (χ0) is 18.9. The Hall–Kier alpha value is -1.50. The van der Waals surface area contributed by atoms with Crippen molar-refractivity contribution in [2.45, 2.75) is 37.3 Å². The number of likely N-dealkylation sites (tertiary alicyclic amines) is 2. The fourth-order valence-electron chi connectivity index (χ4n) is 5.16. The van der Waals surface area contributed by atoms with Crippen LogP contribution >= 0.6 is 0 Å². The van der Waals surface area contributed by atoms with Crippen LogP contribution in [0.25, 0.3) is 0 Å². The van der Waals surface area contributed by atoms with Crippen molar-refractivity contribution < 1.29 is 4.79 Å². The van der Waals surface area contributed by atoms with Crippen molar-refractivity contribution in [3.05, 3.63) is 30.1 Å². The highest BCUT2D eigenvalue weighted by atomic mass is 16.2. The van der Waals surface area contributed by atoms with E-state index in [0.29, 0.717) is 0 Å². The zero-order valence-corrected chi connectivity index (χ0v) is 16.8. The molecule has 3 fully saturated rings. The van der Waals surface area contributed by atoms with Crippen LogP contribution in [0.15, 0.2) is 24.5 Å². The van der Waals surface area contributed by atoms with Crippen LogP contribution in [0.3, 0.4) is 0 Å². The molecule has 3 aliphatic heterocycles. The molecule has 1 amide bonds. The Labute approximate surface area is 163 Å². The normalized spacial score (nSPS) is 25.8. The molecule has 4 heterocycles. The molecule has 1 spiro atoms. The van der Waals surface area contributed by atoms with Crippen LogP contribution < -0.4 is 0 Å². The summed E-state index contributed by atoms with van der Waals surface area (Å²) >= 11 is 0. The molecule has 1 aromatic heterocycles. The lowest BCUT2D eigenvalue weighted by Crippen LogP contribution is -2.64. The van der Waals surface area contributed by atoms with Gasteiger partial charge in [0.25, 0.3) is 0 Å². The maximum atomic E-state index is 13.5. The molecule has 0 saturated carbocycles. The van der Waals surface area contributed by atoms with Gasteiger partial charge in [-0.1, -0.05) is 6.07 Å². The van der Waals surface area contributed by atoms with E-state index >= 15 is 0 Å². The highest BCUT2D eigenvalue weighted by molar-refractivity contribution is 5.83. The van der Waals surface area contributed by atoms with Crippen LogP contribution in [-0.4, -0.2) is 95.9 Å². The lowest BCUT2D eigenvalue weighted by molar-refractivity contribution is -0.140. The van der Waals surface area contributed by atoms with Gasteiger partial charge in [-0.2, -0.15) is 0 Å². The van der Waals surface area contributed by atoms with E-state index in [9.17, 15) is 4.79 Å². The Morgan fingerprint density at radius 2 is 1.81 bits per heavy atom. The number of likely N-dealkylation sites (N-methyl/N-ethyl adjacent to an activating group) is 2. The third kappa shape index (κ3) is 3.75. The first-order chi connectivity index (χ1) is 13.1. The van der Waals surface area contributed by atoms with Gasteiger partial charge in [0.15, 0.2) is 0 Å². The maximum absolute atomic E-state index is 13.5. The first-order valence-corrected chi connectivity index (χ1v) is 10.4. The van der Waals surface area contributed by atoms with E-state index in [1.54, 1.807) is 6.20 Å². The molecule has 0 radical (unpaired) electrons. The number of carbonyl (C=O) groups is 1. The molecule has 6 heteroatoms. The number of aromatic nitrogens is 1. The fourth-order valence-corrected chi connectivity index (χ4v) is 5.16. The minimum absolute atomic E-state index is 0.165. The standard InChI is InChI=1S/C21H33N5O/c1-23-14-15-24(2)21(17-23)7-12-26(13-8-21)20(27)19(25-10-3-4-11-25)18-6-5-9-22-16-18/h5-6,9,16,19H,3-4,7-8,10-15,17H2,1-2H3/t19-/m1/s1. The largest absolute Gasteiger partial charge is 0.341 e. The molecule has 0 bridgehead atoms. The Kier molecular flexibility index (Phi) is 5.48. The molecule has 0 unspecified atom stereocenters. The molecule has 148 valence electrons. The molecule has 27 heavy (non-hydrogen) atoms. The van der Waals surface area contributed by atoms with Gasteiger partial charge in [-0.15, -0.1) is 0 Å². The zero-order valence-electron chi connectivity index (χ0n) is 16.8. The van der Waals surface area contributed by atoms with E-state index in [1.165, 1.54) is 12.8 Å². The van der Waals surface area contributed by atoms with Crippen LogP contribution in [0.5, 0.6) is 0 Å². The van der Waals surface area contributed by atoms with Gasteiger partial charge in [0.1, 0.15) is 6.04 Å². The number of carbonyl (C=O) groups excluding carboxylic acids is 1. The van der Waals surface area contributed by atoms with Crippen molar-refractivity contribution in [1.29, 1.82) is 0 Å². The van der Waals surface area contributed by atoms with E-state index in [1.807, 2.05) is 12.3 Å². The molecule has 1 atom stereocenters. The summed E-state index contributed by atoms with van der Waals surface area (Å²) < 4.78 is 0. The predicted molar refractivity (Wildman–Crippen MR) is 106 cm³/mol. The van der Waals surface area contributed by atoms with Crippen molar-refractivity contribution in [2.75, 3.05) is 59.9 Å². The Bertz CT molecular complexity index is 637. The van der Waals surface area contributed by atoms with E-state index in [2.05, 4.69) is 44.7 Å². The molecule has 4 rings (SSSR count). The van der Waals surface area contributed by atoms with Gasteiger partial charge in [-0.3, -0.25) is 19.6 Å².